The number of H-pyrrole nitrogens is 1. The third-order valence-corrected chi connectivity index (χ3v) is 3.64. The molecule has 96 valence electrons. The van der Waals surface area contributed by atoms with Gasteiger partial charge in [0.05, 0.1) is 16.1 Å². The SMILES string of the molecule is Clc1ccccc1OCc1ncnc2[nH]cc(Br)c12. The maximum Gasteiger partial charge on any atom is 0.142 e. The fourth-order valence-corrected chi connectivity index (χ4v) is 2.53. The van der Waals surface area contributed by atoms with Crippen molar-refractivity contribution >= 4 is 38.6 Å². The second-order valence-electron chi connectivity index (χ2n) is 3.90. The number of aromatic nitrogens is 3. The Morgan fingerprint density at radius 2 is 2.11 bits per heavy atom. The van der Waals surface area contributed by atoms with E-state index in [1.54, 1.807) is 6.07 Å². The zero-order valence-electron chi connectivity index (χ0n) is 9.73. The maximum absolute atomic E-state index is 6.05. The molecular formula is C13H9BrClN3O. The van der Waals surface area contributed by atoms with Gasteiger partial charge in [0.25, 0.3) is 0 Å². The van der Waals surface area contributed by atoms with Crippen LogP contribution < -0.4 is 4.74 Å². The van der Waals surface area contributed by atoms with Gasteiger partial charge in [-0.1, -0.05) is 23.7 Å². The number of nitrogens with one attached hydrogen (secondary N) is 1. The van der Waals surface area contributed by atoms with Crippen molar-refractivity contribution in [1.82, 2.24) is 15.0 Å². The van der Waals surface area contributed by atoms with Crippen molar-refractivity contribution in [2.45, 2.75) is 6.61 Å². The van der Waals surface area contributed by atoms with E-state index in [-0.39, 0.29) is 0 Å². The van der Waals surface area contributed by atoms with Crippen LogP contribution in [0.4, 0.5) is 0 Å². The van der Waals surface area contributed by atoms with Crippen LogP contribution in [0.25, 0.3) is 11.0 Å². The number of aromatic amines is 1. The predicted octanol–water partition coefficient (Wildman–Crippen LogP) is 3.95. The molecule has 0 fully saturated rings. The first kappa shape index (κ1) is 12.4. The van der Waals surface area contributed by atoms with Crippen LogP contribution >= 0.6 is 27.5 Å². The van der Waals surface area contributed by atoms with E-state index >= 15 is 0 Å². The van der Waals surface area contributed by atoms with Gasteiger partial charge in [0.15, 0.2) is 0 Å². The molecule has 0 saturated heterocycles. The molecule has 1 aromatic carbocycles. The van der Waals surface area contributed by atoms with Gasteiger partial charge in [-0.3, -0.25) is 0 Å². The molecule has 0 spiro atoms. The Balaban J connectivity index is 1.90. The second-order valence-corrected chi connectivity index (χ2v) is 5.16. The van der Waals surface area contributed by atoms with Crippen molar-refractivity contribution in [2.75, 3.05) is 0 Å². The number of rotatable bonds is 3. The maximum atomic E-state index is 6.05. The molecule has 0 saturated carbocycles. The van der Waals surface area contributed by atoms with E-state index in [4.69, 9.17) is 16.3 Å². The summed E-state index contributed by atoms with van der Waals surface area (Å²) < 4.78 is 6.62. The summed E-state index contributed by atoms with van der Waals surface area (Å²) in [4.78, 5) is 11.5. The molecule has 1 N–H and O–H groups in total. The second kappa shape index (κ2) is 5.19. The van der Waals surface area contributed by atoms with Crippen LogP contribution in [-0.2, 0) is 6.61 Å². The molecule has 0 amide bonds. The number of para-hydroxylation sites is 1. The zero-order valence-corrected chi connectivity index (χ0v) is 12.1. The Labute approximate surface area is 122 Å². The number of nitrogens with zero attached hydrogens (tertiary/aromatic N) is 2. The van der Waals surface area contributed by atoms with Crippen molar-refractivity contribution < 1.29 is 4.74 Å². The smallest absolute Gasteiger partial charge is 0.142 e. The summed E-state index contributed by atoms with van der Waals surface area (Å²) in [6.45, 7) is 0.333. The summed E-state index contributed by atoms with van der Waals surface area (Å²) in [5.41, 5.74) is 1.58. The first-order valence-electron chi connectivity index (χ1n) is 5.59. The number of hydrogen-bond donors (Lipinski definition) is 1. The van der Waals surface area contributed by atoms with Gasteiger partial charge in [-0.05, 0) is 28.1 Å². The summed E-state index contributed by atoms with van der Waals surface area (Å²) in [7, 11) is 0. The lowest BCUT2D eigenvalue weighted by molar-refractivity contribution is 0.303. The molecule has 0 radical (unpaired) electrons. The van der Waals surface area contributed by atoms with E-state index in [0.717, 1.165) is 21.2 Å². The first-order chi connectivity index (χ1) is 9.25. The minimum Gasteiger partial charge on any atom is -0.486 e. The molecule has 0 aliphatic carbocycles. The van der Waals surface area contributed by atoms with E-state index < -0.39 is 0 Å². The number of fused-ring (bicyclic) bond motifs is 1. The van der Waals surface area contributed by atoms with Crippen molar-refractivity contribution in [3.8, 4) is 5.75 Å². The summed E-state index contributed by atoms with van der Waals surface area (Å²) in [5.74, 6) is 0.641. The Morgan fingerprint density at radius 1 is 1.26 bits per heavy atom. The highest BCUT2D eigenvalue weighted by molar-refractivity contribution is 9.10. The summed E-state index contributed by atoms with van der Waals surface area (Å²) >= 11 is 9.51. The topological polar surface area (TPSA) is 50.8 Å². The molecule has 0 unspecified atom stereocenters. The molecule has 2 aromatic heterocycles. The fraction of sp³-hybridized carbons (Fsp3) is 0.0769. The third-order valence-electron chi connectivity index (χ3n) is 2.70. The lowest BCUT2D eigenvalue weighted by atomic mass is 10.3. The van der Waals surface area contributed by atoms with Gasteiger partial charge in [-0.2, -0.15) is 0 Å². The van der Waals surface area contributed by atoms with Crippen molar-refractivity contribution in [2.24, 2.45) is 0 Å². The van der Waals surface area contributed by atoms with Gasteiger partial charge in [-0.25, -0.2) is 9.97 Å². The van der Waals surface area contributed by atoms with Crippen LogP contribution in [0.1, 0.15) is 5.69 Å². The highest BCUT2D eigenvalue weighted by Gasteiger charge is 2.10. The number of ether oxygens (including phenoxy) is 1. The van der Waals surface area contributed by atoms with Gasteiger partial charge >= 0.3 is 0 Å². The fourth-order valence-electron chi connectivity index (χ4n) is 1.80. The molecule has 0 bridgehead atoms. The van der Waals surface area contributed by atoms with Crippen LogP contribution in [0.2, 0.25) is 5.02 Å². The van der Waals surface area contributed by atoms with Crippen LogP contribution in [0.3, 0.4) is 0 Å². The summed E-state index contributed by atoms with van der Waals surface area (Å²) in [6, 6.07) is 7.36. The van der Waals surface area contributed by atoms with E-state index in [9.17, 15) is 0 Å². The van der Waals surface area contributed by atoms with Crippen LogP contribution in [0.5, 0.6) is 5.75 Å². The Bertz CT molecular complexity index is 729. The molecule has 2 heterocycles. The summed E-state index contributed by atoms with van der Waals surface area (Å²) in [5, 5.41) is 1.51. The molecule has 0 aliphatic heterocycles. The van der Waals surface area contributed by atoms with E-state index in [1.807, 2.05) is 24.4 Å². The molecule has 6 heteroatoms. The summed E-state index contributed by atoms with van der Waals surface area (Å²) in [6.07, 6.45) is 3.34. The van der Waals surface area contributed by atoms with Crippen LogP contribution in [0.15, 0.2) is 41.3 Å². The first-order valence-corrected chi connectivity index (χ1v) is 6.76. The van der Waals surface area contributed by atoms with E-state index in [2.05, 4.69) is 30.9 Å². The number of halogens is 2. The quantitative estimate of drug-likeness (QED) is 0.786. The van der Waals surface area contributed by atoms with Gasteiger partial charge in [-0.15, -0.1) is 0 Å². The van der Waals surface area contributed by atoms with E-state index in [1.165, 1.54) is 6.33 Å². The molecule has 19 heavy (non-hydrogen) atoms. The normalized spacial score (nSPS) is 10.8. The van der Waals surface area contributed by atoms with Crippen LogP contribution in [0, 0.1) is 0 Å². The molecule has 3 rings (SSSR count). The Kier molecular flexibility index (Phi) is 3.40. The van der Waals surface area contributed by atoms with Crippen molar-refractivity contribution in [3.63, 3.8) is 0 Å². The highest BCUT2D eigenvalue weighted by Crippen LogP contribution is 2.27. The third kappa shape index (κ3) is 2.43. The van der Waals surface area contributed by atoms with E-state index in [0.29, 0.717) is 17.4 Å². The van der Waals surface area contributed by atoms with Gasteiger partial charge in [0.1, 0.15) is 24.3 Å². The molecule has 3 aromatic rings. The monoisotopic (exact) mass is 337 g/mol. The lowest BCUT2D eigenvalue weighted by Gasteiger charge is -2.08. The molecule has 0 aliphatic rings. The largest absolute Gasteiger partial charge is 0.486 e. The predicted molar refractivity (Wildman–Crippen MR) is 77.4 cm³/mol. The Morgan fingerprint density at radius 3 is 2.95 bits per heavy atom. The van der Waals surface area contributed by atoms with Gasteiger partial charge < -0.3 is 9.72 Å². The lowest BCUT2D eigenvalue weighted by Crippen LogP contribution is -2.00. The standard InChI is InChI=1S/C13H9BrClN3O/c14-8-5-16-13-12(8)10(17-7-18-13)6-19-11-4-2-1-3-9(11)15/h1-5,7H,6H2,(H,16,17,18). The Hall–Kier alpha value is -1.59. The van der Waals surface area contributed by atoms with Crippen LogP contribution in [-0.4, -0.2) is 15.0 Å². The highest BCUT2D eigenvalue weighted by atomic mass is 79.9. The molecular weight excluding hydrogens is 330 g/mol. The molecule has 0 atom stereocenters. The van der Waals surface area contributed by atoms with Gasteiger partial charge in [0.2, 0.25) is 0 Å². The van der Waals surface area contributed by atoms with Crippen molar-refractivity contribution in [3.05, 3.63) is 52.0 Å². The van der Waals surface area contributed by atoms with Crippen molar-refractivity contribution in [1.29, 1.82) is 0 Å². The minimum atomic E-state index is 0.333. The van der Waals surface area contributed by atoms with Gasteiger partial charge in [0, 0.05) is 10.7 Å². The minimum absolute atomic E-state index is 0.333. The average Bonchev–Trinajstić information content (AvgIpc) is 2.80. The number of hydrogen-bond acceptors (Lipinski definition) is 3. The molecule has 4 nitrogen and oxygen atoms in total. The average molecular weight is 339 g/mol. The zero-order chi connectivity index (χ0) is 13.2. The number of benzene rings is 1.